The van der Waals surface area contributed by atoms with Crippen molar-refractivity contribution in [2.75, 3.05) is 0 Å². The van der Waals surface area contributed by atoms with Crippen LogP contribution in [-0.4, -0.2) is 11.4 Å². The minimum Gasteiger partial charge on any atom is -0.511 e. The van der Waals surface area contributed by atoms with E-state index in [0.29, 0.717) is 11.3 Å². The Labute approximate surface area is 66.9 Å². The lowest BCUT2D eigenvalue weighted by molar-refractivity contribution is -0.105. The zero-order valence-electron chi connectivity index (χ0n) is 7.05. The molecule has 1 N–H and O–H groups in total. The fraction of sp³-hybridized carbons (Fsp3) is 0.667. The number of allylic oxidation sites excluding steroid dienone is 2. The fourth-order valence-corrected chi connectivity index (χ4v) is 1.51. The predicted molar refractivity (Wildman–Crippen MR) is 43.4 cm³/mol. The second-order valence-corrected chi connectivity index (χ2v) is 3.73. The number of hydrogen-bond donors (Lipinski definition) is 1. The third kappa shape index (κ3) is 1.44. The molecule has 11 heavy (non-hydrogen) atoms. The predicted octanol–water partition coefficient (Wildman–Crippen LogP) is 2.21. The van der Waals surface area contributed by atoms with E-state index >= 15 is 0 Å². The number of hydrogen-bond acceptors (Lipinski definition) is 2. The van der Waals surface area contributed by atoms with Gasteiger partial charge in [0.05, 0.1) is 0 Å². The number of aldehydes is 1. The van der Waals surface area contributed by atoms with Crippen molar-refractivity contribution in [2.45, 2.75) is 33.1 Å². The monoisotopic (exact) mass is 154 g/mol. The van der Waals surface area contributed by atoms with E-state index in [0.717, 1.165) is 25.5 Å². The first-order chi connectivity index (χ1) is 5.08. The maximum Gasteiger partial charge on any atom is 0.149 e. The van der Waals surface area contributed by atoms with Gasteiger partial charge in [-0.15, -0.1) is 0 Å². The highest BCUT2D eigenvalue weighted by Crippen LogP contribution is 2.37. The summed E-state index contributed by atoms with van der Waals surface area (Å²) in [6.07, 6.45) is 3.48. The number of carbonyl (C=O) groups is 1. The molecule has 2 heteroatoms. The van der Waals surface area contributed by atoms with Gasteiger partial charge >= 0.3 is 0 Å². The molecule has 0 bridgehead atoms. The Bertz CT molecular complexity index is 202. The van der Waals surface area contributed by atoms with E-state index in [2.05, 4.69) is 0 Å². The molecule has 0 saturated carbocycles. The van der Waals surface area contributed by atoms with Crippen molar-refractivity contribution in [3.05, 3.63) is 11.3 Å². The standard InChI is InChI=1S/C9H14O2/c1-9(2)5-3-4-7(6-10)8(9)11/h6,11H,3-5H2,1-2H3. The molecule has 0 radical (unpaired) electrons. The molecule has 0 heterocycles. The largest absolute Gasteiger partial charge is 0.511 e. The highest BCUT2D eigenvalue weighted by Gasteiger charge is 2.29. The van der Waals surface area contributed by atoms with Gasteiger partial charge in [-0.3, -0.25) is 4.79 Å². The van der Waals surface area contributed by atoms with E-state index in [1.807, 2.05) is 13.8 Å². The smallest absolute Gasteiger partial charge is 0.149 e. The Hall–Kier alpha value is -0.790. The van der Waals surface area contributed by atoms with Crippen molar-refractivity contribution in [3.63, 3.8) is 0 Å². The van der Waals surface area contributed by atoms with Gasteiger partial charge in [-0.05, 0) is 19.3 Å². The lowest BCUT2D eigenvalue weighted by Gasteiger charge is -2.29. The average Bonchev–Trinajstić information content (AvgIpc) is 1.95. The zero-order valence-corrected chi connectivity index (χ0v) is 7.05. The zero-order chi connectivity index (χ0) is 8.48. The Morgan fingerprint density at radius 1 is 1.55 bits per heavy atom. The molecule has 1 aliphatic carbocycles. The second kappa shape index (κ2) is 2.68. The summed E-state index contributed by atoms with van der Waals surface area (Å²) in [5.41, 5.74) is 0.398. The summed E-state index contributed by atoms with van der Waals surface area (Å²) in [7, 11) is 0. The van der Waals surface area contributed by atoms with Gasteiger partial charge in [0, 0.05) is 11.0 Å². The minimum absolute atomic E-state index is 0.186. The van der Waals surface area contributed by atoms with E-state index < -0.39 is 0 Å². The van der Waals surface area contributed by atoms with Crippen LogP contribution in [-0.2, 0) is 4.79 Å². The van der Waals surface area contributed by atoms with Gasteiger partial charge in [0.15, 0.2) is 0 Å². The molecule has 1 aliphatic rings. The van der Waals surface area contributed by atoms with E-state index in [1.54, 1.807) is 0 Å². The molecule has 2 nitrogen and oxygen atoms in total. The first-order valence-electron chi connectivity index (χ1n) is 3.96. The molecule has 0 saturated heterocycles. The van der Waals surface area contributed by atoms with Gasteiger partial charge in [0.1, 0.15) is 12.0 Å². The summed E-state index contributed by atoms with van der Waals surface area (Å²) in [6.45, 7) is 3.93. The van der Waals surface area contributed by atoms with Crippen LogP contribution in [0.15, 0.2) is 11.3 Å². The number of aliphatic hydroxyl groups is 1. The van der Waals surface area contributed by atoms with Crippen LogP contribution in [0.5, 0.6) is 0 Å². The molecule has 0 aliphatic heterocycles. The molecular weight excluding hydrogens is 140 g/mol. The van der Waals surface area contributed by atoms with Crippen molar-refractivity contribution in [1.29, 1.82) is 0 Å². The topological polar surface area (TPSA) is 37.3 Å². The molecule has 0 spiro atoms. The van der Waals surface area contributed by atoms with E-state index in [9.17, 15) is 9.90 Å². The van der Waals surface area contributed by atoms with Gasteiger partial charge in [-0.1, -0.05) is 13.8 Å². The van der Waals surface area contributed by atoms with Gasteiger partial charge in [-0.2, -0.15) is 0 Å². The van der Waals surface area contributed by atoms with Crippen LogP contribution in [0.3, 0.4) is 0 Å². The van der Waals surface area contributed by atoms with Crippen molar-refractivity contribution in [1.82, 2.24) is 0 Å². The minimum atomic E-state index is -0.186. The maximum absolute atomic E-state index is 10.4. The molecule has 0 aromatic carbocycles. The first kappa shape index (κ1) is 8.31. The Kier molecular flexibility index (Phi) is 2.03. The third-order valence-electron chi connectivity index (χ3n) is 2.34. The van der Waals surface area contributed by atoms with Gasteiger partial charge in [0.25, 0.3) is 0 Å². The van der Waals surface area contributed by atoms with E-state index in [4.69, 9.17) is 0 Å². The summed E-state index contributed by atoms with van der Waals surface area (Å²) in [4.78, 5) is 10.4. The molecule has 0 aromatic rings. The second-order valence-electron chi connectivity index (χ2n) is 3.73. The summed E-state index contributed by atoms with van der Waals surface area (Å²) in [5, 5.41) is 9.55. The van der Waals surface area contributed by atoms with Crippen LogP contribution in [0.1, 0.15) is 33.1 Å². The van der Waals surface area contributed by atoms with Crippen LogP contribution < -0.4 is 0 Å². The summed E-state index contributed by atoms with van der Waals surface area (Å²) < 4.78 is 0. The number of carbonyl (C=O) groups excluding carboxylic acids is 1. The molecule has 0 amide bonds. The summed E-state index contributed by atoms with van der Waals surface area (Å²) >= 11 is 0. The molecule has 0 unspecified atom stereocenters. The van der Waals surface area contributed by atoms with Crippen LogP contribution in [0.2, 0.25) is 0 Å². The molecule has 0 aromatic heterocycles. The van der Waals surface area contributed by atoms with Gasteiger partial charge in [0.2, 0.25) is 0 Å². The van der Waals surface area contributed by atoms with E-state index in [-0.39, 0.29) is 5.41 Å². The number of rotatable bonds is 1. The molecular formula is C9H14O2. The molecule has 62 valence electrons. The lowest BCUT2D eigenvalue weighted by atomic mass is 9.78. The van der Waals surface area contributed by atoms with E-state index in [1.165, 1.54) is 0 Å². The molecule has 0 atom stereocenters. The van der Waals surface area contributed by atoms with Crippen molar-refractivity contribution < 1.29 is 9.90 Å². The highest BCUT2D eigenvalue weighted by molar-refractivity contribution is 5.74. The molecule has 1 rings (SSSR count). The summed E-state index contributed by atoms with van der Waals surface area (Å²) in [6, 6.07) is 0. The van der Waals surface area contributed by atoms with Crippen molar-refractivity contribution in [3.8, 4) is 0 Å². The van der Waals surface area contributed by atoms with Crippen LogP contribution in [0, 0.1) is 5.41 Å². The average molecular weight is 154 g/mol. The fourth-order valence-electron chi connectivity index (χ4n) is 1.51. The van der Waals surface area contributed by atoms with Crippen LogP contribution in [0.4, 0.5) is 0 Å². The number of aliphatic hydroxyl groups excluding tert-OH is 1. The highest BCUT2D eigenvalue weighted by atomic mass is 16.3. The van der Waals surface area contributed by atoms with Gasteiger partial charge in [-0.25, -0.2) is 0 Å². The third-order valence-corrected chi connectivity index (χ3v) is 2.34. The molecule has 0 fully saturated rings. The van der Waals surface area contributed by atoms with Crippen LogP contribution >= 0.6 is 0 Å². The van der Waals surface area contributed by atoms with Crippen LogP contribution in [0.25, 0.3) is 0 Å². The summed E-state index contributed by atoms with van der Waals surface area (Å²) in [5.74, 6) is 0.291. The SMILES string of the molecule is CC1(C)CCCC(C=O)=C1O. The first-order valence-corrected chi connectivity index (χ1v) is 3.96. The van der Waals surface area contributed by atoms with Crippen molar-refractivity contribution in [2.24, 2.45) is 5.41 Å². The van der Waals surface area contributed by atoms with Gasteiger partial charge < -0.3 is 5.11 Å². The van der Waals surface area contributed by atoms with Crippen molar-refractivity contribution >= 4 is 6.29 Å². The Morgan fingerprint density at radius 2 is 2.18 bits per heavy atom. The Balaban J connectivity index is 2.98. The Morgan fingerprint density at radius 3 is 2.64 bits per heavy atom. The lowest BCUT2D eigenvalue weighted by Crippen LogP contribution is -2.21. The normalized spacial score (nSPS) is 23.5. The quantitative estimate of drug-likeness (QED) is 0.588. The maximum atomic E-state index is 10.4.